The fraction of sp³-hybridized carbons (Fsp3) is 0.100. The Balaban J connectivity index is 2.46. The normalized spacial score (nSPS) is 10.2. The largest absolute Gasteiger partial charge is 0.508 e. The quantitative estimate of drug-likeness (QED) is 0.715. The van der Waals surface area contributed by atoms with E-state index in [9.17, 15) is 5.11 Å². The number of aryl methyl sites for hydroxylation is 1. The van der Waals surface area contributed by atoms with E-state index in [-0.39, 0.29) is 5.75 Å². The van der Waals surface area contributed by atoms with Crippen LogP contribution in [-0.2, 0) is 7.05 Å². The van der Waals surface area contributed by atoms with Crippen LogP contribution in [0.2, 0.25) is 0 Å². The molecule has 0 amide bonds. The summed E-state index contributed by atoms with van der Waals surface area (Å²) in [4.78, 5) is 4.18. The zero-order valence-electron chi connectivity index (χ0n) is 7.31. The van der Waals surface area contributed by atoms with E-state index >= 15 is 0 Å². The van der Waals surface area contributed by atoms with Crippen LogP contribution < -0.4 is 0 Å². The van der Waals surface area contributed by atoms with Gasteiger partial charge in [0.05, 0.1) is 12.0 Å². The molecule has 0 spiro atoms. The Bertz CT molecular complexity index is 420. The lowest BCUT2D eigenvalue weighted by Gasteiger charge is -1.96. The lowest BCUT2D eigenvalue weighted by atomic mass is 10.2. The molecule has 0 saturated carbocycles. The van der Waals surface area contributed by atoms with Gasteiger partial charge in [0.2, 0.25) is 0 Å². The highest BCUT2D eigenvalue weighted by molar-refractivity contribution is 5.60. The highest BCUT2D eigenvalue weighted by Crippen LogP contribution is 2.20. The van der Waals surface area contributed by atoms with Gasteiger partial charge < -0.3 is 9.67 Å². The van der Waals surface area contributed by atoms with Crippen LogP contribution in [0, 0.1) is 0 Å². The van der Waals surface area contributed by atoms with Gasteiger partial charge in [-0.15, -0.1) is 0 Å². The second-order valence-corrected chi connectivity index (χ2v) is 2.97. The van der Waals surface area contributed by atoms with Gasteiger partial charge in [0, 0.05) is 18.8 Å². The van der Waals surface area contributed by atoms with Gasteiger partial charge in [-0.2, -0.15) is 0 Å². The van der Waals surface area contributed by atoms with Gasteiger partial charge in [-0.05, 0) is 12.1 Å². The Morgan fingerprint density at radius 3 is 2.85 bits per heavy atom. The first-order chi connectivity index (χ1) is 6.25. The van der Waals surface area contributed by atoms with Crippen molar-refractivity contribution in [3.63, 3.8) is 0 Å². The van der Waals surface area contributed by atoms with Gasteiger partial charge in [0.25, 0.3) is 0 Å². The number of hydrogen-bond acceptors (Lipinski definition) is 2. The summed E-state index contributed by atoms with van der Waals surface area (Å²) >= 11 is 0. The fourth-order valence-electron chi connectivity index (χ4n) is 1.23. The summed E-state index contributed by atoms with van der Waals surface area (Å²) in [5.41, 5.74) is 1.80. The van der Waals surface area contributed by atoms with Crippen molar-refractivity contribution in [2.24, 2.45) is 7.05 Å². The zero-order valence-corrected chi connectivity index (χ0v) is 7.31. The molecule has 1 aromatic heterocycles. The van der Waals surface area contributed by atoms with Gasteiger partial charge in [-0.3, -0.25) is 0 Å². The number of phenolic OH excluding ortho intramolecular Hbond substituents is 1. The molecule has 0 aliphatic rings. The van der Waals surface area contributed by atoms with Gasteiger partial charge in [0.1, 0.15) is 5.75 Å². The third-order valence-corrected chi connectivity index (χ3v) is 1.85. The maximum absolute atomic E-state index is 9.25. The van der Waals surface area contributed by atoms with E-state index < -0.39 is 0 Å². The smallest absolute Gasteiger partial charge is 0.116 e. The number of nitrogens with zero attached hydrogens (tertiary/aromatic N) is 2. The zero-order chi connectivity index (χ0) is 9.26. The van der Waals surface area contributed by atoms with Crippen LogP contribution >= 0.6 is 0 Å². The van der Waals surface area contributed by atoms with E-state index in [1.165, 1.54) is 0 Å². The standard InChI is InChI=1S/C10H10N2O/c1-12-6-10(11-7-12)8-3-2-4-9(13)5-8/h2-7,13H,1H3. The number of benzene rings is 1. The predicted octanol–water partition coefficient (Wildman–Crippen LogP) is 1.79. The fourth-order valence-corrected chi connectivity index (χ4v) is 1.23. The second kappa shape index (κ2) is 2.94. The van der Waals surface area contributed by atoms with Crippen molar-refractivity contribution in [1.82, 2.24) is 9.55 Å². The molecule has 0 fully saturated rings. The first-order valence-electron chi connectivity index (χ1n) is 4.03. The molecule has 66 valence electrons. The lowest BCUT2D eigenvalue weighted by Crippen LogP contribution is -1.78. The van der Waals surface area contributed by atoms with Crippen molar-refractivity contribution >= 4 is 0 Å². The van der Waals surface area contributed by atoms with Crippen molar-refractivity contribution in [2.75, 3.05) is 0 Å². The highest BCUT2D eigenvalue weighted by Gasteiger charge is 2.00. The molecule has 1 heterocycles. The Hall–Kier alpha value is -1.77. The van der Waals surface area contributed by atoms with Crippen molar-refractivity contribution in [3.8, 4) is 17.0 Å². The summed E-state index contributed by atoms with van der Waals surface area (Å²) in [6, 6.07) is 7.07. The average Bonchev–Trinajstić information content (AvgIpc) is 2.52. The van der Waals surface area contributed by atoms with Crippen LogP contribution in [0.3, 0.4) is 0 Å². The molecule has 0 saturated heterocycles. The number of hydrogen-bond donors (Lipinski definition) is 1. The highest BCUT2D eigenvalue weighted by atomic mass is 16.3. The van der Waals surface area contributed by atoms with E-state index in [0.29, 0.717) is 0 Å². The van der Waals surface area contributed by atoms with Crippen LogP contribution in [0.4, 0.5) is 0 Å². The molecule has 13 heavy (non-hydrogen) atoms. The van der Waals surface area contributed by atoms with Crippen LogP contribution in [0.5, 0.6) is 5.75 Å². The summed E-state index contributed by atoms with van der Waals surface area (Å²) in [7, 11) is 1.92. The number of aromatic nitrogens is 2. The summed E-state index contributed by atoms with van der Waals surface area (Å²) in [6.45, 7) is 0. The van der Waals surface area contributed by atoms with Crippen LogP contribution in [0.25, 0.3) is 11.3 Å². The summed E-state index contributed by atoms with van der Waals surface area (Å²) in [5, 5.41) is 9.25. The molecular formula is C10H10N2O. The van der Waals surface area contributed by atoms with Gasteiger partial charge in [-0.1, -0.05) is 12.1 Å². The molecule has 0 atom stereocenters. The van der Waals surface area contributed by atoms with Crippen LogP contribution in [0.15, 0.2) is 36.8 Å². The number of phenols is 1. The molecule has 0 aliphatic heterocycles. The lowest BCUT2D eigenvalue weighted by molar-refractivity contribution is 0.475. The van der Waals surface area contributed by atoms with Crippen molar-refractivity contribution < 1.29 is 5.11 Å². The topological polar surface area (TPSA) is 38.0 Å². The third-order valence-electron chi connectivity index (χ3n) is 1.85. The maximum Gasteiger partial charge on any atom is 0.116 e. The SMILES string of the molecule is Cn1cnc(-c2cccc(O)c2)c1. The third kappa shape index (κ3) is 1.54. The van der Waals surface area contributed by atoms with E-state index in [4.69, 9.17) is 0 Å². The van der Waals surface area contributed by atoms with Crippen molar-refractivity contribution in [3.05, 3.63) is 36.8 Å². The van der Waals surface area contributed by atoms with Crippen LogP contribution in [0.1, 0.15) is 0 Å². The summed E-state index contributed by atoms with van der Waals surface area (Å²) < 4.78 is 1.87. The molecule has 2 rings (SSSR count). The predicted molar refractivity (Wildman–Crippen MR) is 50.3 cm³/mol. The molecule has 3 heteroatoms. The van der Waals surface area contributed by atoms with E-state index in [2.05, 4.69) is 4.98 Å². The van der Waals surface area contributed by atoms with E-state index in [1.807, 2.05) is 23.9 Å². The average molecular weight is 174 g/mol. The van der Waals surface area contributed by atoms with Gasteiger partial charge >= 0.3 is 0 Å². The van der Waals surface area contributed by atoms with Crippen molar-refractivity contribution in [2.45, 2.75) is 0 Å². The molecule has 3 nitrogen and oxygen atoms in total. The molecule has 0 radical (unpaired) electrons. The monoisotopic (exact) mass is 174 g/mol. The second-order valence-electron chi connectivity index (χ2n) is 2.97. The number of aromatic hydroxyl groups is 1. The Labute approximate surface area is 76.3 Å². The first kappa shape index (κ1) is 7.86. The number of rotatable bonds is 1. The maximum atomic E-state index is 9.25. The van der Waals surface area contributed by atoms with E-state index in [0.717, 1.165) is 11.3 Å². The Kier molecular flexibility index (Phi) is 1.77. The molecule has 0 bridgehead atoms. The van der Waals surface area contributed by atoms with Crippen molar-refractivity contribution in [1.29, 1.82) is 0 Å². The summed E-state index contributed by atoms with van der Waals surface area (Å²) in [6.07, 6.45) is 3.65. The number of imidazole rings is 1. The molecule has 0 aliphatic carbocycles. The molecular weight excluding hydrogens is 164 g/mol. The van der Waals surface area contributed by atoms with Gasteiger partial charge in [0.15, 0.2) is 0 Å². The minimum atomic E-state index is 0.267. The summed E-state index contributed by atoms with van der Waals surface area (Å²) in [5.74, 6) is 0.267. The Morgan fingerprint density at radius 1 is 1.38 bits per heavy atom. The Morgan fingerprint density at radius 2 is 2.23 bits per heavy atom. The first-order valence-corrected chi connectivity index (χ1v) is 4.03. The van der Waals surface area contributed by atoms with Crippen LogP contribution in [-0.4, -0.2) is 14.7 Å². The molecule has 1 N–H and O–H groups in total. The molecule has 0 unspecified atom stereocenters. The minimum Gasteiger partial charge on any atom is -0.508 e. The minimum absolute atomic E-state index is 0.267. The van der Waals surface area contributed by atoms with Gasteiger partial charge in [-0.25, -0.2) is 4.98 Å². The molecule has 1 aromatic carbocycles. The van der Waals surface area contributed by atoms with E-state index in [1.54, 1.807) is 24.5 Å². The molecule has 2 aromatic rings.